The van der Waals surface area contributed by atoms with Gasteiger partial charge in [0, 0.05) is 11.4 Å². The Morgan fingerprint density at radius 1 is 1.13 bits per heavy atom. The van der Waals surface area contributed by atoms with Gasteiger partial charge >= 0.3 is 6.09 Å². The lowest BCUT2D eigenvalue weighted by Gasteiger charge is -2.29. The number of para-hydroxylation sites is 1. The molecule has 8 nitrogen and oxygen atoms in total. The van der Waals surface area contributed by atoms with Crippen molar-refractivity contribution in [3.63, 3.8) is 0 Å². The minimum atomic E-state index is -0.643. The first-order chi connectivity index (χ1) is 14.7. The fraction of sp³-hybridized carbons (Fsp3) is 0.348. The summed E-state index contributed by atoms with van der Waals surface area (Å²) in [5.41, 5.74) is 1.91. The largest absolute Gasteiger partial charge is 0.482 e. The van der Waals surface area contributed by atoms with Crippen molar-refractivity contribution >= 4 is 35.0 Å². The number of hydrogen-bond donors (Lipinski definition) is 2. The molecule has 1 aliphatic heterocycles. The monoisotopic (exact) mass is 425 g/mol. The van der Waals surface area contributed by atoms with Gasteiger partial charge in [0.15, 0.2) is 6.61 Å². The van der Waals surface area contributed by atoms with E-state index >= 15 is 0 Å². The zero-order chi connectivity index (χ0) is 22.6. The van der Waals surface area contributed by atoms with Crippen molar-refractivity contribution < 1.29 is 23.9 Å². The molecule has 2 aromatic rings. The van der Waals surface area contributed by atoms with Crippen LogP contribution in [0.5, 0.6) is 5.75 Å². The number of amides is 3. The van der Waals surface area contributed by atoms with Crippen LogP contribution in [0.2, 0.25) is 0 Å². The topological polar surface area (TPSA) is 97.0 Å². The van der Waals surface area contributed by atoms with E-state index in [4.69, 9.17) is 9.47 Å². The fourth-order valence-corrected chi connectivity index (χ4v) is 3.16. The molecular formula is C23H27N3O5. The van der Waals surface area contributed by atoms with Gasteiger partial charge in [0.2, 0.25) is 5.91 Å². The second-order valence-corrected chi connectivity index (χ2v) is 8.14. The minimum absolute atomic E-state index is 0.162. The van der Waals surface area contributed by atoms with Gasteiger partial charge < -0.3 is 14.8 Å². The van der Waals surface area contributed by atoms with E-state index in [1.165, 1.54) is 4.90 Å². The van der Waals surface area contributed by atoms with Gasteiger partial charge in [-0.05, 0) is 57.0 Å². The Morgan fingerprint density at radius 3 is 2.58 bits per heavy atom. The number of hydrogen-bond acceptors (Lipinski definition) is 5. The predicted molar refractivity (Wildman–Crippen MR) is 119 cm³/mol. The van der Waals surface area contributed by atoms with Crippen LogP contribution in [0.4, 0.5) is 21.9 Å². The van der Waals surface area contributed by atoms with E-state index in [9.17, 15) is 14.4 Å². The standard InChI is InChI=1S/C23H27N3O5/c1-5-15-8-6-7-9-17(15)25-20(27)13-26-18-12-16(24-22(29)31-23(2,3)4)10-11-19(18)30-14-21(26)28/h6-12H,5,13-14H2,1-4H3,(H,24,29)(H,25,27). The van der Waals surface area contributed by atoms with E-state index in [1.807, 2.05) is 31.2 Å². The number of anilines is 3. The predicted octanol–water partition coefficient (Wildman–Crippen LogP) is 3.96. The first-order valence-corrected chi connectivity index (χ1v) is 10.1. The fourth-order valence-electron chi connectivity index (χ4n) is 3.16. The third-order valence-electron chi connectivity index (χ3n) is 4.52. The average Bonchev–Trinajstić information content (AvgIpc) is 2.69. The second kappa shape index (κ2) is 9.07. The summed E-state index contributed by atoms with van der Waals surface area (Å²) in [6.45, 7) is 6.97. The lowest BCUT2D eigenvalue weighted by Crippen LogP contribution is -2.43. The maximum atomic E-state index is 12.7. The number of aryl methyl sites for hydroxylation is 1. The molecule has 8 heteroatoms. The highest BCUT2D eigenvalue weighted by atomic mass is 16.6. The third-order valence-corrected chi connectivity index (χ3v) is 4.52. The lowest BCUT2D eigenvalue weighted by molar-refractivity contribution is -0.123. The van der Waals surface area contributed by atoms with Crippen molar-refractivity contribution in [3.05, 3.63) is 48.0 Å². The van der Waals surface area contributed by atoms with Crippen LogP contribution >= 0.6 is 0 Å². The van der Waals surface area contributed by atoms with Gasteiger partial charge in [0.1, 0.15) is 17.9 Å². The molecule has 3 amide bonds. The molecule has 0 aromatic heterocycles. The molecule has 0 aliphatic carbocycles. The van der Waals surface area contributed by atoms with Crippen molar-refractivity contribution in [2.45, 2.75) is 39.7 Å². The number of rotatable bonds is 5. The molecule has 0 spiro atoms. The second-order valence-electron chi connectivity index (χ2n) is 8.14. The molecule has 0 radical (unpaired) electrons. The van der Waals surface area contributed by atoms with E-state index in [0.29, 0.717) is 17.1 Å². The van der Waals surface area contributed by atoms with Gasteiger partial charge in [-0.15, -0.1) is 0 Å². The quantitative estimate of drug-likeness (QED) is 0.756. The molecule has 31 heavy (non-hydrogen) atoms. The van der Waals surface area contributed by atoms with Crippen molar-refractivity contribution in [2.75, 3.05) is 28.7 Å². The summed E-state index contributed by atoms with van der Waals surface area (Å²) in [5.74, 6) is -0.218. The van der Waals surface area contributed by atoms with Gasteiger partial charge in [0.05, 0.1) is 5.69 Å². The van der Waals surface area contributed by atoms with Crippen LogP contribution in [0.3, 0.4) is 0 Å². The molecule has 0 saturated carbocycles. The van der Waals surface area contributed by atoms with Gasteiger partial charge in [-0.1, -0.05) is 25.1 Å². The van der Waals surface area contributed by atoms with Crippen LogP contribution < -0.4 is 20.3 Å². The Kier molecular flexibility index (Phi) is 6.48. The number of carbonyl (C=O) groups is 3. The Bertz CT molecular complexity index is 997. The van der Waals surface area contributed by atoms with E-state index in [1.54, 1.807) is 39.0 Å². The molecule has 0 saturated heterocycles. The normalized spacial score (nSPS) is 13.2. The molecule has 1 aliphatic rings. The smallest absolute Gasteiger partial charge is 0.412 e. The molecule has 0 unspecified atom stereocenters. The van der Waals surface area contributed by atoms with Gasteiger partial charge in [0.25, 0.3) is 5.91 Å². The third kappa shape index (κ3) is 5.75. The summed E-state index contributed by atoms with van der Waals surface area (Å²) in [6, 6.07) is 12.4. The molecule has 164 valence electrons. The minimum Gasteiger partial charge on any atom is -0.482 e. The van der Waals surface area contributed by atoms with Gasteiger partial charge in [-0.25, -0.2) is 4.79 Å². The molecule has 1 heterocycles. The lowest BCUT2D eigenvalue weighted by atomic mass is 10.1. The highest BCUT2D eigenvalue weighted by molar-refractivity contribution is 6.05. The summed E-state index contributed by atoms with van der Waals surface area (Å²) in [4.78, 5) is 38.6. The summed E-state index contributed by atoms with van der Waals surface area (Å²) in [7, 11) is 0. The first kappa shape index (κ1) is 22.1. The average molecular weight is 425 g/mol. The zero-order valence-electron chi connectivity index (χ0n) is 18.2. The number of carbonyl (C=O) groups excluding carboxylic acids is 3. The Hall–Kier alpha value is -3.55. The Labute approximate surface area is 181 Å². The van der Waals surface area contributed by atoms with Crippen molar-refractivity contribution in [3.8, 4) is 5.75 Å². The van der Waals surface area contributed by atoms with Crippen LogP contribution in [0.1, 0.15) is 33.3 Å². The molecular weight excluding hydrogens is 398 g/mol. The number of benzene rings is 2. The zero-order valence-corrected chi connectivity index (χ0v) is 18.2. The van der Waals surface area contributed by atoms with Crippen LogP contribution in [0, 0.1) is 0 Å². The highest BCUT2D eigenvalue weighted by Gasteiger charge is 2.28. The highest BCUT2D eigenvalue weighted by Crippen LogP contribution is 2.34. The molecule has 3 rings (SSSR count). The molecule has 0 fully saturated rings. The number of fused-ring (bicyclic) bond motifs is 1. The van der Waals surface area contributed by atoms with Crippen LogP contribution in [0.15, 0.2) is 42.5 Å². The van der Waals surface area contributed by atoms with E-state index in [0.717, 1.165) is 17.7 Å². The summed E-state index contributed by atoms with van der Waals surface area (Å²) < 4.78 is 10.7. The first-order valence-electron chi connectivity index (χ1n) is 10.1. The van der Waals surface area contributed by atoms with Gasteiger partial charge in [-0.3, -0.25) is 19.8 Å². The van der Waals surface area contributed by atoms with Crippen LogP contribution in [-0.2, 0) is 20.7 Å². The maximum absolute atomic E-state index is 12.7. The number of nitrogens with one attached hydrogen (secondary N) is 2. The van der Waals surface area contributed by atoms with E-state index in [2.05, 4.69) is 10.6 Å². The van der Waals surface area contributed by atoms with Gasteiger partial charge in [-0.2, -0.15) is 0 Å². The van der Waals surface area contributed by atoms with E-state index in [-0.39, 0.29) is 25.0 Å². The number of nitrogens with zero attached hydrogens (tertiary/aromatic N) is 1. The Balaban J connectivity index is 1.77. The SMILES string of the molecule is CCc1ccccc1NC(=O)CN1C(=O)COc2ccc(NC(=O)OC(C)(C)C)cc21. The van der Waals surface area contributed by atoms with Crippen molar-refractivity contribution in [1.82, 2.24) is 0 Å². The molecule has 2 aromatic carbocycles. The van der Waals surface area contributed by atoms with Crippen molar-refractivity contribution in [1.29, 1.82) is 0 Å². The van der Waals surface area contributed by atoms with Crippen molar-refractivity contribution in [2.24, 2.45) is 0 Å². The van der Waals surface area contributed by atoms with E-state index < -0.39 is 11.7 Å². The molecule has 2 N–H and O–H groups in total. The molecule has 0 bridgehead atoms. The number of ether oxygens (including phenoxy) is 2. The van der Waals surface area contributed by atoms with Crippen LogP contribution in [0.25, 0.3) is 0 Å². The Morgan fingerprint density at radius 2 is 1.87 bits per heavy atom. The maximum Gasteiger partial charge on any atom is 0.412 e. The summed E-state index contributed by atoms with van der Waals surface area (Å²) in [5, 5.41) is 5.51. The molecule has 0 atom stereocenters. The van der Waals surface area contributed by atoms with Crippen LogP contribution in [-0.4, -0.2) is 36.7 Å². The summed E-state index contributed by atoms with van der Waals surface area (Å²) >= 11 is 0. The summed E-state index contributed by atoms with van der Waals surface area (Å²) in [6.07, 6.45) is 0.158.